The SMILES string of the molecule is CC1CCCC(C)N1c1nc2c(c(=O)[nH]1)C(C(=O)Nc1ccc3c(c1)OCCO3)CC(=O)N2. The fraction of sp³-hybridized carbons (Fsp3) is 0.478. The number of H-pyrrole nitrogens is 1. The van der Waals surface area contributed by atoms with Crippen LogP contribution in [0.2, 0.25) is 0 Å². The third-order valence-corrected chi connectivity index (χ3v) is 6.50. The van der Waals surface area contributed by atoms with Crippen LogP contribution in [0, 0.1) is 0 Å². The predicted molar refractivity (Wildman–Crippen MR) is 122 cm³/mol. The van der Waals surface area contributed by atoms with E-state index in [1.54, 1.807) is 18.2 Å². The number of aromatic nitrogens is 2. The zero-order chi connectivity index (χ0) is 23.1. The first kappa shape index (κ1) is 21.3. The number of amides is 2. The van der Waals surface area contributed by atoms with E-state index in [-0.39, 0.29) is 35.8 Å². The van der Waals surface area contributed by atoms with Gasteiger partial charge in [-0.1, -0.05) is 0 Å². The summed E-state index contributed by atoms with van der Waals surface area (Å²) in [5.74, 6) is -0.0470. The average Bonchev–Trinajstić information content (AvgIpc) is 2.78. The second-order valence-electron chi connectivity index (χ2n) is 8.84. The van der Waals surface area contributed by atoms with Gasteiger partial charge in [-0.2, -0.15) is 4.98 Å². The van der Waals surface area contributed by atoms with Crippen molar-refractivity contribution in [2.45, 2.75) is 57.5 Å². The maximum absolute atomic E-state index is 13.1. The lowest BCUT2D eigenvalue weighted by molar-refractivity contribution is -0.123. The van der Waals surface area contributed by atoms with Crippen molar-refractivity contribution < 1.29 is 19.1 Å². The van der Waals surface area contributed by atoms with E-state index < -0.39 is 17.4 Å². The Bertz CT molecular complexity index is 1150. The number of piperidine rings is 1. The van der Waals surface area contributed by atoms with Gasteiger partial charge >= 0.3 is 0 Å². The maximum Gasteiger partial charge on any atom is 0.258 e. The zero-order valence-electron chi connectivity index (χ0n) is 18.6. The highest BCUT2D eigenvalue weighted by atomic mass is 16.6. The summed E-state index contributed by atoms with van der Waals surface area (Å²) in [6.45, 7) is 5.09. The van der Waals surface area contributed by atoms with Crippen LogP contribution in [0.4, 0.5) is 17.5 Å². The summed E-state index contributed by atoms with van der Waals surface area (Å²) in [5.41, 5.74) is 0.252. The largest absolute Gasteiger partial charge is 0.486 e. The van der Waals surface area contributed by atoms with E-state index in [0.717, 1.165) is 19.3 Å². The van der Waals surface area contributed by atoms with Crippen molar-refractivity contribution in [3.05, 3.63) is 34.1 Å². The normalized spacial score (nSPS) is 24.0. The number of ether oxygens (including phenoxy) is 2. The fourth-order valence-corrected chi connectivity index (χ4v) is 4.89. The summed E-state index contributed by atoms with van der Waals surface area (Å²) in [5, 5.41) is 5.48. The molecule has 3 atom stereocenters. The van der Waals surface area contributed by atoms with Crippen LogP contribution in [0.1, 0.15) is 51.0 Å². The molecule has 3 unspecified atom stereocenters. The van der Waals surface area contributed by atoms with Gasteiger partial charge in [-0.3, -0.25) is 19.4 Å². The molecule has 0 spiro atoms. The van der Waals surface area contributed by atoms with Gasteiger partial charge in [-0.15, -0.1) is 0 Å². The Labute approximate surface area is 190 Å². The van der Waals surface area contributed by atoms with Gasteiger partial charge in [0.2, 0.25) is 17.8 Å². The summed E-state index contributed by atoms with van der Waals surface area (Å²) in [4.78, 5) is 48.2. The van der Waals surface area contributed by atoms with Crippen molar-refractivity contribution in [1.82, 2.24) is 9.97 Å². The zero-order valence-corrected chi connectivity index (χ0v) is 18.6. The molecule has 10 heteroatoms. The molecule has 0 aliphatic carbocycles. The minimum absolute atomic E-state index is 0.135. The summed E-state index contributed by atoms with van der Waals surface area (Å²) in [7, 11) is 0. The maximum atomic E-state index is 13.1. The molecule has 10 nitrogen and oxygen atoms in total. The molecule has 0 bridgehead atoms. The smallest absolute Gasteiger partial charge is 0.258 e. The van der Waals surface area contributed by atoms with Crippen molar-refractivity contribution in [1.29, 1.82) is 0 Å². The first-order valence-electron chi connectivity index (χ1n) is 11.3. The fourth-order valence-electron chi connectivity index (χ4n) is 4.89. The molecule has 4 heterocycles. The molecule has 5 rings (SSSR count). The molecule has 1 saturated heterocycles. The topological polar surface area (TPSA) is 126 Å². The van der Waals surface area contributed by atoms with Gasteiger partial charge in [0.15, 0.2) is 11.5 Å². The van der Waals surface area contributed by atoms with E-state index in [1.165, 1.54) is 0 Å². The number of rotatable bonds is 3. The monoisotopic (exact) mass is 453 g/mol. The number of benzene rings is 1. The van der Waals surface area contributed by atoms with Crippen molar-refractivity contribution in [2.75, 3.05) is 28.7 Å². The van der Waals surface area contributed by atoms with Crippen LogP contribution in [0.25, 0.3) is 0 Å². The Morgan fingerprint density at radius 3 is 2.61 bits per heavy atom. The van der Waals surface area contributed by atoms with Crippen molar-refractivity contribution in [3.8, 4) is 11.5 Å². The van der Waals surface area contributed by atoms with Crippen LogP contribution in [-0.4, -0.2) is 47.1 Å². The van der Waals surface area contributed by atoms with Gasteiger partial charge < -0.3 is 25.0 Å². The lowest BCUT2D eigenvalue weighted by atomic mass is 9.92. The highest BCUT2D eigenvalue weighted by Crippen LogP contribution is 2.35. The predicted octanol–water partition coefficient (Wildman–Crippen LogP) is 2.37. The molecule has 174 valence electrons. The van der Waals surface area contributed by atoms with Gasteiger partial charge in [-0.25, -0.2) is 0 Å². The molecule has 1 fully saturated rings. The number of nitrogens with one attached hydrogen (secondary N) is 3. The molecule has 0 radical (unpaired) electrons. The molecule has 3 aliphatic rings. The first-order valence-corrected chi connectivity index (χ1v) is 11.3. The Morgan fingerprint density at radius 1 is 1.12 bits per heavy atom. The Kier molecular flexibility index (Phi) is 5.43. The quantitative estimate of drug-likeness (QED) is 0.651. The van der Waals surface area contributed by atoms with E-state index in [9.17, 15) is 14.4 Å². The minimum Gasteiger partial charge on any atom is -0.486 e. The number of hydrogen-bond donors (Lipinski definition) is 3. The molecular weight excluding hydrogens is 426 g/mol. The third-order valence-electron chi connectivity index (χ3n) is 6.50. The van der Waals surface area contributed by atoms with Crippen molar-refractivity contribution >= 4 is 29.3 Å². The van der Waals surface area contributed by atoms with Crippen LogP contribution in [0.15, 0.2) is 23.0 Å². The Hall–Kier alpha value is -3.56. The molecular formula is C23H27N5O5. The minimum atomic E-state index is -0.955. The van der Waals surface area contributed by atoms with Gasteiger partial charge in [-0.05, 0) is 45.2 Å². The second kappa shape index (κ2) is 8.42. The van der Waals surface area contributed by atoms with Crippen LogP contribution in [0.3, 0.4) is 0 Å². The van der Waals surface area contributed by atoms with E-state index in [0.29, 0.717) is 36.3 Å². The van der Waals surface area contributed by atoms with Gasteiger partial charge in [0.25, 0.3) is 5.56 Å². The molecule has 2 aromatic rings. The molecule has 1 aromatic heterocycles. The Morgan fingerprint density at radius 2 is 1.85 bits per heavy atom. The average molecular weight is 453 g/mol. The molecule has 3 aliphatic heterocycles. The summed E-state index contributed by atoms with van der Waals surface area (Å²) in [6.07, 6.45) is 2.98. The van der Waals surface area contributed by atoms with Gasteiger partial charge in [0.1, 0.15) is 19.0 Å². The molecule has 0 saturated carbocycles. The summed E-state index contributed by atoms with van der Waals surface area (Å²) in [6, 6.07) is 5.50. The van der Waals surface area contributed by atoms with Crippen molar-refractivity contribution in [3.63, 3.8) is 0 Å². The molecule has 2 amide bonds. The number of aromatic amines is 1. The van der Waals surface area contributed by atoms with E-state index in [1.807, 2.05) is 0 Å². The Balaban J connectivity index is 1.44. The van der Waals surface area contributed by atoms with Crippen LogP contribution in [-0.2, 0) is 9.59 Å². The van der Waals surface area contributed by atoms with Crippen LogP contribution < -0.4 is 30.6 Å². The molecule has 1 aromatic carbocycles. The number of carbonyl (C=O) groups excluding carboxylic acids is 2. The van der Waals surface area contributed by atoms with E-state index in [4.69, 9.17) is 9.47 Å². The highest BCUT2D eigenvalue weighted by Gasteiger charge is 2.36. The van der Waals surface area contributed by atoms with Crippen LogP contribution >= 0.6 is 0 Å². The number of nitrogens with zero attached hydrogens (tertiary/aromatic N) is 2. The number of fused-ring (bicyclic) bond motifs is 2. The van der Waals surface area contributed by atoms with Crippen LogP contribution in [0.5, 0.6) is 11.5 Å². The highest BCUT2D eigenvalue weighted by molar-refractivity contribution is 6.04. The standard InChI is InChI=1S/C23H27N5O5/c1-12-4-3-5-13(2)28(12)23-26-20-19(22(31)27-23)15(11-18(29)25-20)21(30)24-14-6-7-16-17(10-14)33-9-8-32-16/h6-7,10,12-13,15H,3-5,8-9,11H2,1-2H3,(H,24,30)(H2,25,26,27,29,31). The number of hydrogen-bond acceptors (Lipinski definition) is 7. The number of carbonyl (C=O) groups is 2. The molecule has 3 N–H and O–H groups in total. The number of anilines is 3. The molecule has 33 heavy (non-hydrogen) atoms. The van der Waals surface area contributed by atoms with E-state index >= 15 is 0 Å². The second-order valence-corrected chi connectivity index (χ2v) is 8.84. The van der Waals surface area contributed by atoms with Gasteiger partial charge in [0, 0.05) is 30.3 Å². The van der Waals surface area contributed by atoms with E-state index in [2.05, 4.69) is 39.3 Å². The third kappa shape index (κ3) is 4.01. The van der Waals surface area contributed by atoms with Crippen molar-refractivity contribution in [2.24, 2.45) is 0 Å². The summed E-state index contributed by atoms with van der Waals surface area (Å²) < 4.78 is 11.1. The lowest BCUT2D eigenvalue weighted by Crippen LogP contribution is -2.46. The lowest BCUT2D eigenvalue weighted by Gasteiger charge is -2.39. The summed E-state index contributed by atoms with van der Waals surface area (Å²) >= 11 is 0. The first-order chi connectivity index (χ1) is 15.9. The van der Waals surface area contributed by atoms with Gasteiger partial charge in [0.05, 0.1) is 11.5 Å².